The van der Waals surface area contributed by atoms with Gasteiger partial charge in [-0.2, -0.15) is 0 Å². The van der Waals surface area contributed by atoms with Crippen molar-refractivity contribution in [2.45, 2.75) is 6.04 Å². The number of hydrogen-bond donors (Lipinski definition) is 1. The first-order valence-corrected chi connectivity index (χ1v) is 7.24. The molecule has 0 aliphatic heterocycles. The standard InChI is InChI=1S/C17H23N3O2/c1-19(2)14-8-5-7-13(11-14)17(21)18-12-15(20(3)4)16-9-6-10-22-16/h5-11,15H,12H2,1-4H3,(H,18,21)/t15-/m1/s1. The summed E-state index contributed by atoms with van der Waals surface area (Å²) in [5.41, 5.74) is 1.66. The van der Waals surface area contributed by atoms with E-state index in [-0.39, 0.29) is 11.9 Å². The molecule has 118 valence electrons. The number of furan rings is 1. The quantitative estimate of drug-likeness (QED) is 0.890. The average molecular weight is 301 g/mol. The third kappa shape index (κ3) is 3.89. The number of benzene rings is 1. The number of anilines is 1. The van der Waals surface area contributed by atoms with Crippen LogP contribution in [0.15, 0.2) is 47.1 Å². The van der Waals surface area contributed by atoms with Gasteiger partial charge in [0.25, 0.3) is 5.91 Å². The van der Waals surface area contributed by atoms with Crippen LogP contribution in [-0.4, -0.2) is 45.5 Å². The highest BCUT2D eigenvalue weighted by Gasteiger charge is 2.18. The minimum atomic E-state index is -0.0814. The summed E-state index contributed by atoms with van der Waals surface area (Å²) in [6.07, 6.45) is 1.65. The summed E-state index contributed by atoms with van der Waals surface area (Å²) >= 11 is 0. The van der Waals surface area contributed by atoms with E-state index in [0.717, 1.165) is 11.4 Å². The van der Waals surface area contributed by atoms with Gasteiger partial charge in [-0.15, -0.1) is 0 Å². The van der Waals surface area contributed by atoms with Crippen molar-refractivity contribution >= 4 is 11.6 Å². The van der Waals surface area contributed by atoms with Crippen LogP contribution in [-0.2, 0) is 0 Å². The molecule has 2 rings (SSSR count). The van der Waals surface area contributed by atoms with Gasteiger partial charge in [-0.1, -0.05) is 6.07 Å². The number of likely N-dealkylation sites (N-methyl/N-ethyl adjacent to an activating group) is 1. The molecule has 1 aromatic heterocycles. The fraction of sp³-hybridized carbons (Fsp3) is 0.353. The third-order valence-corrected chi connectivity index (χ3v) is 3.58. The maximum absolute atomic E-state index is 12.3. The summed E-state index contributed by atoms with van der Waals surface area (Å²) < 4.78 is 5.45. The first-order valence-electron chi connectivity index (χ1n) is 7.24. The van der Waals surface area contributed by atoms with Gasteiger partial charge in [0.1, 0.15) is 5.76 Å². The van der Waals surface area contributed by atoms with E-state index in [2.05, 4.69) is 5.32 Å². The van der Waals surface area contributed by atoms with Crippen LogP contribution in [0.2, 0.25) is 0 Å². The number of hydrogen-bond acceptors (Lipinski definition) is 4. The van der Waals surface area contributed by atoms with Gasteiger partial charge >= 0.3 is 0 Å². The molecule has 0 aliphatic rings. The summed E-state index contributed by atoms with van der Waals surface area (Å²) in [6.45, 7) is 0.492. The Hall–Kier alpha value is -2.27. The van der Waals surface area contributed by atoms with Crippen molar-refractivity contribution in [3.8, 4) is 0 Å². The van der Waals surface area contributed by atoms with Crippen LogP contribution in [0.3, 0.4) is 0 Å². The molecule has 1 aromatic carbocycles. The van der Waals surface area contributed by atoms with Crippen LogP contribution in [0, 0.1) is 0 Å². The van der Waals surface area contributed by atoms with Crippen LogP contribution in [0.4, 0.5) is 5.69 Å². The van der Waals surface area contributed by atoms with Gasteiger partial charge < -0.3 is 14.6 Å². The van der Waals surface area contributed by atoms with Crippen molar-refractivity contribution in [2.75, 3.05) is 39.6 Å². The van der Waals surface area contributed by atoms with Gasteiger partial charge in [-0.3, -0.25) is 9.69 Å². The second-order valence-electron chi connectivity index (χ2n) is 5.65. The van der Waals surface area contributed by atoms with Crippen molar-refractivity contribution in [3.63, 3.8) is 0 Å². The summed E-state index contributed by atoms with van der Waals surface area (Å²) in [5.74, 6) is 0.759. The van der Waals surface area contributed by atoms with E-state index in [1.165, 1.54) is 0 Å². The average Bonchev–Trinajstić information content (AvgIpc) is 3.01. The molecule has 1 amide bonds. The van der Waals surface area contributed by atoms with Crippen LogP contribution < -0.4 is 10.2 Å². The number of rotatable bonds is 6. The Balaban J connectivity index is 2.04. The Labute approximate surface area is 131 Å². The van der Waals surface area contributed by atoms with Crippen molar-refractivity contribution in [2.24, 2.45) is 0 Å². The zero-order valence-electron chi connectivity index (χ0n) is 13.5. The van der Waals surface area contributed by atoms with Crippen molar-refractivity contribution < 1.29 is 9.21 Å². The third-order valence-electron chi connectivity index (χ3n) is 3.58. The lowest BCUT2D eigenvalue weighted by Gasteiger charge is -2.22. The zero-order valence-corrected chi connectivity index (χ0v) is 13.5. The van der Waals surface area contributed by atoms with Crippen LogP contribution in [0.5, 0.6) is 0 Å². The van der Waals surface area contributed by atoms with Gasteiger partial charge in [-0.05, 0) is 44.4 Å². The minimum absolute atomic E-state index is 0.0102. The van der Waals surface area contributed by atoms with Gasteiger partial charge in [0, 0.05) is 31.9 Å². The van der Waals surface area contributed by atoms with Gasteiger partial charge in [0.15, 0.2) is 0 Å². The lowest BCUT2D eigenvalue weighted by atomic mass is 10.1. The number of nitrogens with one attached hydrogen (secondary N) is 1. The van der Waals surface area contributed by atoms with E-state index in [4.69, 9.17) is 4.42 Å². The topological polar surface area (TPSA) is 48.7 Å². The van der Waals surface area contributed by atoms with E-state index < -0.39 is 0 Å². The summed E-state index contributed by atoms with van der Waals surface area (Å²) in [7, 11) is 7.84. The Bertz CT molecular complexity index is 606. The van der Waals surface area contributed by atoms with E-state index in [0.29, 0.717) is 12.1 Å². The van der Waals surface area contributed by atoms with Crippen molar-refractivity contribution in [1.29, 1.82) is 0 Å². The van der Waals surface area contributed by atoms with Gasteiger partial charge in [0.2, 0.25) is 0 Å². The van der Waals surface area contributed by atoms with Crippen LogP contribution in [0.1, 0.15) is 22.2 Å². The molecule has 1 heterocycles. The monoisotopic (exact) mass is 301 g/mol. The first kappa shape index (κ1) is 16.1. The molecule has 0 aliphatic carbocycles. The van der Waals surface area contributed by atoms with Gasteiger partial charge in [0.05, 0.1) is 12.3 Å². The number of carbonyl (C=O) groups is 1. The smallest absolute Gasteiger partial charge is 0.251 e. The zero-order chi connectivity index (χ0) is 16.1. The van der Waals surface area contributed by atoms with Gasteiger partial charge in [-0.25, -0.2) is 0 Å². The number of amides is 1. The van der Waals surface area contributed by atoms with Crippen molar-refractivity contribution in [3.05, 3.63) is 54.0 Å². The van der Waals surface area contributed by atoms with E-state index >= 15 is 0 Å². The molecule has 0 unspecified atom stereocenters. The largest absolute Gasteiger partial charge is 0.468 e. The summed E-state index contributed by atoms with van der Waals surface area (Å²) in [4.78, 5) is 16.3. The lowest BCUT2D eigenvalue weighted by Crippen LogP contribution is -2.34. The highest BCUT2D eigenvalue weighted by atomic mass is 16.3. The first-order chi connectivity index (χ1) is 10.5. The van der Waals surface area contributed by atoms with E-state index in [1.807, 2.05) is 74.4 Å². The molecular weight excluding hydrogens is 278 g/mol. The molecule has 5 heteroatoms. The van der Waals surface area contributed by atoms with Crippen LogP contribution >= 0.6 is 0 Å². The van der Waals surface area contributed by atoms with E-state index in [1.54, 1.807) is 6.26 Å². The molecule has 5 nitrogen and oxygen atoms in total. The SMILES string of the molecule is CN(C)c1cccc(C(=O)NC[C@H](c2ccco2)N(C)C)c1. The molecule has 0 saturated heterocycles. The predicted octanol–water partition coefficient (Wildman–Crippen LogP) is 2.38. The summed E-state index contributed by atoms with van der Waals surface area (Å²) in [5, 5.41) is 2.98. The Morgan fingerprint density at radius 1 is 1.18 bits per heavy atom. The second-order valence-corrected chi connectivity index (χ2v) is 5.65. The highest BCUT2D eigenvalue weighted by Crippen LogP contribution is 2.18. The van der Waals surface area contributed by atoms with E-state index in [9.17, 15) is 4.79 Å². The maximum Gasteiger partial charge on any atom is 0.251 e. The van der Waals surface area contributed by atoms with Crippen LogP contribution in [0.25, 0.3) is 0 Å². The molecule has 2 aromatic rings. The minimum Gasteiger partial charge on any atom is -0.468 e. The predicted molar refractivity (Wildman–Crippen MR) is 88.2 cm³/mol. The Morgan fingerprint density at radius 2 is 1.95 bits per heavy atom. The molecule has 0 saturated carbocycles. The Morgan fingerprint density at radius 3 is 2.55 bits per heavy atom. The Kier molecular flexibility index (Phi) is 5.22. The fourth-order valence-electron chi connectivity index (χ4n) is 2.24. The van der Waals surface area contributed by atoms with Crippen molar-refractivity contribution in [1.82, 2.24) is 10.2 Å². The lowest BCUT2D eigenvalue weighted by molar-refractivity contribution is 0.0939. The molecule has 0 bridgehead atoms. The molecule has 1 atom stereocenters. The maximum atomic E-state index is 12.3. The number of carbonyl (C=O) groups excluding carboxylic acids is 1. The molecule has 0 spiro atoms. The molecule has 22 heavy (non-hydrogen) atoms. The summed E-state index contributed by atoms with van der Waals surface area (Å²) in [6, 6.07) is 11.4. The fourth-order valence-corrected chi connectivity index (χ4v) is 2.24. The second kappa shape index (κ2) is 7.13. The normalized spacial score (nSPS) is 12.2. The highest BCUT2D eigenvalue weighted by molar-refractivity contribution is 5.95. The molecule has 0 fully saturated rings. The molecule has 1 N–H and O–H groups in total. The molecular formula is C17H23N3O2. The molecule has 0 radical (unpaired) electrons. The number of nitrogens with zero attached hydrogens (tertiary/aromatic N) is 2.